The molecule has 2 aromatic carbocycles. The van der Waals surface area contributed by atoms with Gasteiger partial charge in [0.25, 0.3) is 0 Å². The number of hydrogen-bond donors (Lipinski definition) is 0. The molecule has 0 unspecified atom stereocenters. The van der Waals surface area contributed by atoms with Gasteiger partial charge >= 0.3 is 5.97 Å². The van der Waals surface area contributed by atoms with Crippen molar-refractivity contribution in [2.24, 2.45) is 0 Å². The number of aryl methyl sites for hydroxylation is 1. The molecule has 0 radical (unpaired) electrons. The molecule has 86 valence electrons. The second-order valence-electron chi connectivity index (χ2n) is 3.74. The zero-order chi connectivity index (χ0) is 12.3. The summed E-state index contributed by atoms with van der Waals surface area (Å²) < 4.78 is 5.24. The van der Waals surface area contributed by atoms with Gasteiger partial charge in [-0.15, -0.1) is 0 Å². The molecule has 2 aromatic rings. The minimum atomic E-state index is -0.421. The van der Waals surface area contributed by atoms with Gasteiger partial charge in [-0.05, 0) is 23.3 Å². The zero-order valence-corrected chi connectivity index (χ0v) is 9.77. The minimum Gasteiger partial charge on any atom is -0.423 e. The Morgan fingerprint density at radius 3 is 2.76 bits per heavy atom. The Kier molecular flexibility index (Phi) is 3.24. The van der Waals surface area contributed by atoms with Crippen molar-refractivity contribution in [3.8, 4) is 5.75 Å². The molecule has 0 aliphatic heterocycles. The Morgan fingerprint density at radius 2 is 2.06 bits per heavy atom. The summed E-state index contributed by atoms with van der Waals surface area (Å²) >= 11 is 0. The Labute approximate surface area is 101 Å². The van der Waals surface area contributed by atoms with Crippen LogP contribution in [0, 0.1) is 0 Å². The number of carbonyl (C=O) groups excluding carboxylic acids is 1. The highest BCUT2D eigenvalue weighted by molar-refractivity contribution is 5.90. The van der Waals surface area contributed by atoms with Crippen molar-refractivity contribution >= 4 is 16.7 Å². The third-order valence-corrected chi connectivity index (χ3v) is 2.73. The normalized spacial score (nSPS) is 10.2. The first kappa shape index (κ1) is 11.4. The lowest BCUT2D eigenvalue weighted by Crippen LogP contribution is -2.05. The summed E-state index contributed by atoms with van der Waals surface area (Å²) in [6.45, 7) is 5.45. The van der Waals surface area contributed by atoms with Crippen LogP contribution in [0.4, 0.5) is 0 Å². The fraction of sp³-hybridized carbons (Fsp3) is 0.133. The summed E-state index contributed by atoms with van der Waals surface area (Å²) in [5.41, 5.74) is 1.05. The molecule has 2 heteroatoms. The number of fused-ring (bicyclic) bond motifs is 1. The SMILES string of the molecule is C=CC(=O)Oc1ccc2ccccc2c1CC. The Bertz CT molecular complexity index is 570. The Morgan fingerprint density at radius 1 is 1.29 bits per heavy atom. The van der Waals surface area contributed by atoms with Crippen LogP contribution in [0.2, 0.25) is 0 Å². The summed E-state index contributed by atoms with van der Waals surface area (Å²) in [4.78, 5) is 11.2. The van der Waals surface area contributed by atoms with Crippen LogP contribution < -0.4 is 4.74 Å². The van der Waals surface area contributed by atoms with Crippen molar-refractivity contribution in [2.75, 3.05) is 0 Å². The number of benzene rings is 2. The molecular weight excluding hydrogens is 212 g/mol. The van der Waals surface area contributed by atoms with E-state index in [1.165, 1.54) is 6.08 Å². The summed E-state index contributed by atoms with van der Waals surface area (Å²) in [7, 11) is 0. The van der Waals surface area contributed by atoms with Gasteiger partial charge < -0.3 is 4.74 Å². The van der Waals surface area contributed by atoms with Crippen LogP contribution in [0.15, 0.2) is 49.1 Å². The average molecular weight is 226 g/mol. The van der Waals surface area contributed by atoms with E-state index >= 15 is 0 Å². The van der Waals surface area contributed by atoms with Gasteiger partial charge in [-0.25, -0.2) is 4.79 Å². The van der Waals surface area contributed by atoms with Crippen LogP contribution in [-0.2, 0) is 11.2 Å². The maximum Gasteiger partial charge on any atom is 0.335 e. The van der Waals surface area contributed by atoms with Gasteiger partial charge in [0.2, 0.25) is 0 Å². The molecule has 0 amide bonds. The van der Waals surface area contributed by atoms with Crippen LogP contribution in [0.5, 0.6) is 5.75 Å². The minimum absolute atomic E-state index is 0.421. The molecule has 0 aliphatic rings. The van der Waals surface area contributed by atoms with Crippen LogP contribution in [0.25, 0.3) is 10.8 Å². The Balaban J connectivity index is 2.56. The van der Waals surface area contributed by atoms with Gasteiger partial charge in [0, 0.05) is 11.6 Å². The van der Waals surface area contributed by atoms with E-state index in [4.69, 9.17) is 4.74 Å². The molecule has 0 N–H and O–H groups in total. The fourth-order valence-corrected chi connectivity index (χ4v) is 1.93. The van der Waals surface area contributed by atoms with Crippen molar-refractivity contribution in [3.05, 3.63) is 54.6 Å². The van der Waals surface area contributed by atoms with Gasteiger partial charge in [0.15, 0.2) is 0 Å². The quantitative estimate of drug-likeness (QED) is 0.455. The van der Waals surface area contributed by atoms with Crippen molar-refractivity contribution in [2.45, 2.75) is 13.3 Å². The molecule has 0 saturated carbocycles. The van der Waals surface area contributed by atoms with E-state index in [2.05, 4.69) is 6.58 Å². The lowest BCUT2D eigenvalue weighted by molar-refractivity contribution is -0.129. The standard InChI is InChI=1S/C15H14O2/c1-3-12-13-8-6-5-7-11(13)9-10-14(12)17-15(16)4-2/h4-10H,2-3H2,1H3. The molecule has 0 atom stereocenters. The molecule has 17 heavy (non-hydrogen) atoms. The number of ether oxygens (including phenoxy) is 1. The smallest absolute Gasteiger partial charge is 0.335 e. The number of esters is 1. The molecule has 2 rings (SSSR count). The van der Waals surface area contributed by atoms with E-state index in [0.717, 1.165) is 22.8 Å². The molecule has 0 bridgehead atoms. The lowest BCUT2D eigenvalue weighted by Gasteiger charge is -2.10. The van der Waals surface area contributed by atoms with E-state index in [0.29, 0.717) is 5.75 Å². The highest BCUT2D eigenvalue weighted by Gasteiger charge is 2.09. The summed E-state index contributed by atoms with van der Waals surface area (Å²) in [6, 6.07) is 11.9. The van der Waals surface area contributed by atoms with Gasteiger partial charge in [-0.1, -0.05) is 43.8 Å². The molecule has 0 aliphatic carbocycles. The van der Waals surface area contributed by atoms with Gasteiger partial charge in [0.1, 0.15) is 5.75 Å². The van der Waals surface area contributed by atoms with E-state index < -0.39 is 5.97 Å². The zero-order valence-electron chi connectivity index (χ0n) is 9.77. The van der Waals surface area contributed by atoms with Gasteiger partial charge in [-0.3, -0.25) is 0 Å². The lowest BCUT2D eigenvalue weighted by atomic mass is 10.0. The molecule has 0 aromatic heterocycles. The number of carbonyl (C=O) groups is 1. The van der Waals surface area contributed by atoms with Crippen LogP contribution in [0.3, 0.4) is 0 Å². The Hall–Kier alpha value is -2.09. The maximum absolute atomic E-state index is 11.2. The van der Waals surface area contributed by atoms with Gasteiger partial charge in [-0.2, -0.15) is 0 Å². The van der Waals surface area contributed by atoms with E-state index in [-0.39, 0.29) is 0 Å². The number of hydrogen-bond acceptors (Lipinski definition) is 2. The molecule has 0 fully saturated rings. The van der Waals surface area contributed by atoms with Crippen molar-refractivity contribution < 1.29 is 9.53 Å². The van der Waals surface area contributed by atoms with Crippen molar-refractivity contribution in [1.82, 2.24) is 0 Å². The third-order valence-electron chi connectivity index (χ3n) is 2.73. The van der Waals surface area contributed by atoms with Crippen LogP contribution in [-0.4, -0.2) is 5.97 Å². The topological polar surface area (TPSA) is 26.3 Å². The third kappa shape index (κ3) is 2.21. The second kappa shape index (κ2) is 4.83. The maximum atomic E-state index is 11.2. The highest BCUT2D eigenvalue weighted by Crippen LogP contribution is 2.28. The monoisotopic (exact) mass is 226 g/mol. The predicted octanol–water partition coefficient (Wildman–Crippen LogP) is 3.49. The summed E-state index contributed by atoms with van der Waals surface area (Å²) in [5, 5.41) is 2.28. The second-order valence-corrected chi connectivity index (χ2v) is 3.74. The highest BCUT2D eigenvalue weighted by atomic mass is 16.5. The van der Waals surface area contributed by atoms with Crippen LogP contribution in [0.1, 0.15) is 12.5 Å². The summed E-state index contributed by atoms with van der Waals surface area (Å²) in [6.07, 6.45) is 2.00. The number of rotatable bonds is 3. The molecule has 2 nitrogen and oxygen atoms in total. The predicted molar refractivity (Wildman–Crippen MR) is 69.2 cm³/mol. The van der Waals surface area contributed by atoms with Crippen molar-refractivity contribution in [3.63, 3.8) is 0 Å². The molecule has 0 heterocycles. The van der Waals surface area contributed by atoms with Crippen molar-refractivity contribution in [1.29, 1.82) is 0 Å². The van der Waals surface area contributed by atoms with E-state index in [1.807, 2.05) is 43.3 Å². The first-order valence-electron chi connectivity index (χ1n) is 5.61. The average Bonchev–Trinajstić information content (AvgIpc) is 2.38. The fourth-order valence-electron chi connectivity index (χ4n) is 1.93. The summed E-state index contributed by atoms with van der Waals surface area (Å²) in [5.74, 6) is 0.200. The first-order valence-corrected chi connectivity index (χ1v) is 5.61. The molecular formula is C15H14O2. The first-order chi connectivity index (χ1) is 8.26. The van der Waals surface area contributed by atoms with E-state index in [1.54, 1.807) is 0 Å². The van der Waals surface area contributed by atoms with Gasteiger partial charge in [0.05, 0.1) is 0 Å². The molecule has 0 spiro atoms. The van der Waals surface area contributed by atoms with E-state index in [9.17, 15) is 4.79 Å². The molecule has 0 saturated heterocycles. The van der Waals surface area contributed by atoms with Crippen LogP contribution >= 0.6 is 0 Å². The largest absolute Gasteiger partial charge is 0.423 e.